The standard InChI is InChI=1S/C21H31NO6/c1-14(23)22-16(12-24-11-15-9-7-6-8-10-15)18-19(28-21(4,5)27-18)17-13-25-20(2,3)26-17/h6-10,16-19H,11-13H2,1-5H3,(H,22,23)/t16-,17-,18-,19-/m1/s1. The quantitative estimate of drug-likeness (QED) is 0.767. The molecule has 0 saturated carbocycles. The van der Waals surface area contributed by atoms with E-state index in [2.05, 4.69) is 5.32 Å². The van der Waals surface area contributed by atoms with E-state index in [1.807, 2.05) is 58.0 Å². The van der Waals surface area contributed by atoms with Gasteiger partial charge < -0.3 is 29.0 Å². The van der Waals surface area contributed by atoms with Crippen molar-refractivity contribution in [1.29, 1.82) is 0 Å². The first-order chi connectivity index (χ1) is 13.2. The topological polar surface area (TPSA) is 75.3 Å². The van der Waals surface area contributed by atoms with Gasteiger partial charge in [0.2, 0.25) is 5.91 Å². The average molecular weight is 393 g/mol. The van der Waals surface area contributed by atoms with Crippen molar-refractivity contribution in [2.75, 3.05) is 13.2 Å². The van der Waals surface area contributed by atoms with Crippen molar-refractivity contribution in [3.05, 3.63) is 35.9 Å². The fourth-order valence-corrected chi connectivity index (χ4v) is 3.65. The third-order valence-electron chi connectivity index (χ3n) is 4.75. The zero-order valence-corrected chi connectivity index (χ0v) is 17.3. The van der Waals surface area contributed by atoms with Crippen molar-refractivity contribution in [2.45, 2.75) is 77.2 Å². The molecule has 2 aliphatic heterocycles. The average Bonchev–Trinajstić information content (AvgIpc) is 3.13. The minimum Gasteiger partial charge on any atom is -0.375 e. The Morgan fingerprint density at radius 3 is 2.46 bits per heavy atom. The van der Waals surface area contributed by atoms with Gasteiger partial charge in [0, 0.05) is 6.92 Å². The van der Waals surface area contributed by atoms with Crippen LogP contribution in [0.1, 0.15) is 40.2 Å². The molecule has 7 heteroatoms. The molecule has 156 valence electrons. The molecule has 3 rings (SSSR count). The highest BCUT2D eigenvalue weighted by Gasteiger charge is 2.52. The van der Waals surface area contributed by atoms with E-state index in [4.69, 9.17) is 23.7 Å². The van der Waals surface area contributed by atoms with E-state index in [1.54, 1.807) is 0 Å². The number of carbonyl (C=O) groups is 1. The summed E-state index contributed by atoms with van der Waals surface area (Å²) in [6.45, 7) is 10.1. The van der Waals surface area contributed by atoms with Gasteiger partial charge in [-0.05, 0) is 33.3 Å². The first-order valence-electron chi connectivity index (χ1n) is 9.71. The Balaban J connectivity index is 1.70. The van der Waals surface area contributed by atoms with Crippen LogP contribution in [-0.4, -0.2) is 55.0 Å². The summed E-state index contributed by atoms with van der Waals surface area (Å²) < 4.78 is 29.9. The molecular weight excluding hydrogens is 362 g/mol. The van der Waals surface area contributed by atoms with Crippen LogP contribution in [0.5, 0.6) is 0 Å². The van der Waals surface area contributed by atoms with Crippen LogP contribution in [0.15, 0.2) is 30.3 Å². The number of rotatable bonds is 7. The molecule has 28 heavy (non-hydrogen) atoms. The Morgan fingerprint density at radius 1 is 1.14 bits per heavy atom. The lowest BCUT2D eigenvalue weighted by molar-refractivity contribution is -0.175. The molecule has 2 aliphatic rings. The molecule has 2 fully saturated rings. The first-order valence-corrected chi connectivity index (χ1v) is 9.71. The van der Waals surface area contributed by atoms with E-state index < -0.39 is 17.7 Å². The fourth-order valence-electron chi connectivity index (χ4n) is 3.65. The van der Waals surface area contributed by atoms with E-state index in [-0.39, 0.29) is 24.2 Å². The Labute approximate surface area is 166 Å². The highest BCUT2D eigenvalue weighted by molar-refractivity contribution is 5.73. The second-order valence-electron chi connectivity index (χ2n) is 8.24. The summed E-state index contributed by atoms with van der Waals surface area (Å²) >= 11 is 0. The highest BCUT2D eigenvalue weighted by atomic mass is 16.8. The van der Waals surface area contributed by atoms with Gasteiger partial charge in [0.1, 0.15) is 18.3 Å². The van der Waals surface area contributed by atoms with E-state index in [1.165, 1.54) is 6.92 Å². The van der Waals surface area contributed by atoms with Crippen LogP contribution in [0.4, 0.5) is 0 Å². The van der Waals surface area contributed by atoms with E-state index in [0.29, 0.717) is 19.8 Å². The molecule has 0 spiro atoms. The molecule has 1 amide bonds. The molecule has 0 radical (unpaired) electrons. The predicted octanol–water partition coefficient (Wildman–Crippen LogP) is 2.38. The molecule has 4 atom stereocenters. The maximum absolute atomic E-state index is 11.8. The second-order valence-corrected chi connectivity index (χ2v) is 8.24. The Morgan fingerprint density at radius 2 is 1.86 bits per heavy atom. The molecule has 0 aliphatic carbocycles. The number of hydrogen-bond acceptors (Lipinski definition) is 6. The van der Waals surface area contributed by atoms with Gasteiger partial charge >= 0.3 is 0 Å². The van der Waals surface area contributed by atoms with Crippen molar-refractivity contribution >= 4 is 5.91 Å². The number of benzene rings is 1. The number of carbonyl (C=O) groups excluding carboxylic acids is 1. The number of hydrogen-bond donors (Lipinski definition) is 1. The molecule has 7 nitrogen and oxygen atoms in total. The monoisotopic (exact) mass is 393 g/mol. The SMILES string of the molecule is CC(=O)N[C@H](COCc1ccccc1)[C@H]1OC(C)(C)O[C@@H]1[C@H]1COC(C)(C)O1. The summed E-state index contributed by atoms with van der Waals surface area (Å²) in [5, 5.41) is 2.95. The summed E-state index contributed by atoms with van der Waals surface area (Å²) in [6.07, 6.45) is -1.08. The van der Waals surface area contributed by atoms with Crippen molar-refractivity contribution in [2.24, 2.45) is 0 Å². The van der Waals surface area contributed by atoms with E-state index in [0.717, 1.165) is 5.56 Å². The molecule has 0 aromatic heterocycles. The minimum absolute atomic E-state index is 0.149. The summed E-state index contributed by atoms with van der Waals surface area (Å²) in [5.74, 6) is -1.61. The van der Waals surface area contributed by atoms with Crippen molar-refractivity contribution in [3.8, 4) is 0 Å². The highest BCUT2D eigenvalue weighted by Crippen LogP contribution is 2.36. The second kappa shape index (κ2) is 8.47. The van der Waals surface area contributed by atoms with Gasteiger partial charge in [-0.25, -0.2) is 0 Å². The van der Waals surface area contributed by atoms with Crippen molar-refractivity contribution < 1.29 is 28.5 Å². The van der Waals surface area contributed by atoms with Gasteiger partial charge in [-0.2, -0.15) is 0 Å². The third-order valence-corrected chi connectivity index (χ3v) is 4.75. The smallest absolute Gasteiger partial charge is 0.217 e. The normalized spacial score (nSPS) is 29.5. The lowest BCUT2D eigenvalue weighted by atomic mass is 10.0. The largest absolute Gasteiger partial charge is 0.375 e. The number of amides is 1. The van der Waals surface area contributed by atoms with Crippen LogP contribution >= 0.6 is 0 Å². The van der Waals surface area contributed by atoms with Gasteiger partial charge in [-0.3, -0.25) is 4.79 Å². The van der Waals surface area contributed by atoms with Gasteiger partial charge in [0.15, 0.2) is 11.6 Å². The summed E-state index contributed by atoms with van der Waals surface area (Å²) in [7, 11) is 0. The van der Waals surface area contributed by atoms with Gasteiger partial charge in [0.25, 0.3) is 0 Å². The van der Waals surface area contributed by atoms with E-state index >= 15 is 0 Å². The maximum Gasteiger partial charge on any atom is 0.217 e. The van der Waals surface area contributed by atoms with Crippen LogP contribution in [0.2, 0.25) is 0 Å². The van der Waals surface area contributed by atoms with Crippen LogP contribution in [0.3, 0.4) is 0 Å². The maximum atomic E-state index is 11.8. The van der Waals surface area contributed by atoms with Crippen LogP contribution < -0.4 is 5.32 Å². The lowest BCUT2D eigenvalue weighted by Gasteiger charge is -2.29. The molecule has 2 saturated heterocycles. The summed E-state index contributed by atoms with van der Waals surface area (Å²) in [5.41, 5.74) is 1.07. The van der Waals surface area contributed by atoms with Crippen LogP contribution in [0.25, 0.3) is 0 Å². The van der Waals surface area contributed by atoms with Gasteiger partial charge in [-0.15, -0.1) is 0 Å². The van der Waals surface area contributed by atoms with E-state index in [9.17, 15) is 4.79 Å². The number of nitrogens with one attached hydrogen (secondary N) is 1. The zero-order valence-electron chi connectivity index (χ0n) is 17.3. The fraction of sp³-hybridized carbons (Fsp3) is 0.667. The van der Waals surface area contributed by atoms with Crippen LogP contribution in [0, 0.1) is 0 Å². The molecule has 0 unspecified atom stereocenters. The molecular formula is C21H31NO6. The number of ether oxygens (including phenoxy) is 5. The third kappa shape index (κ3) is 5.52. The summed E-state index contributed by atoms with van der Waals surface area (Å²) in [6, 6.07) is 9.53. The van der Waals surface area contributed by atoms with Gasteiger partial charge in [0.05, 0.1) is 25.9 Å². The first kappa shape index (κ1) is 21.2. The lowest BCUT2D eigenvalue weighted by Crippen LogP contribution is -2.53. The molecule has 1 aromatic rings. The Hall–Kier alpha value is -1.51. The predicted molar refractivity (Wildman–Crippen MR) is 102 cm³/mol. The van der Waals surface area contributed by atoms with Gasteiger partial charge in [-0.1, -0.05) is 30.3 Å². The molecule has 0 bridgehead atoms. The molecule has 2 heterocycles. The Kier molecular flexibility index (Phi) is 6.41. The van der Waals surface area contributed by atoms with Crippen LogP contribution in [-0.2, 0) is 35.1 Å². The van der Waals surface area contributed by atoms with Crippen molar-refractivity contribution in [3.63, 3.8) is 0 Å². The zero-order chi connectivity index (χ0) is 20.4. The van der Waals surface area contributed by atoms with Crippen molar-refractivity contribution in [1.82, 2.24) is 5.32 Å². The summed E-state index contributed by atoms with van der Waals surface area (Å²) in [4.78, 5) is 11.8. The molecule has 1 aromatic carbocycles. The minimum atomic E-state index is -0.790. The Bertz CT molecular complexity index is 662. The molecule has 1 N–H and O–H groups in total.